The summed E-state index contributed by atoms with van der Waals surface area (Å²) in [5.74, 6) is 0.0108. The molecule has 2 rings (SSSR count). The van der Waals surface area contributed by atoms with Crippen LogP contribution in [0.2, 0.25) is 0 Å². The van der Waals surface area contributed by atoms with Gasteiger partial charge in [0.15, 0.2) is 0 Å². The Morgan fingerprint density at radius 2 is 2.22 bits per heavy atom. The van der Waals surface area contributed by atoms with Crippen LogP contribution in [0.25, 0.3) is 0 Å². The van der Waals surface area contributed by atoms with Crippen molar-refractivity contribution in [3.05, 3.63) is 0 Å². The number of carboxylic acids is 1. The summed E-state index contributed by atoms with van der Waals surface area (Å²) in [7, 11) is 2.05. The van der Waals surface area contributed by atoms with Crippen molar-refractivity contribution >= 4 is 23.8 Å². The van der Waals surface area contributed by atoms with Crippen molar-refractivity contribution in [1.82, 2.24) is 15.1 Å². The van der Waals surface area contributed by atoms with Gasteiger partial charge in [-0.15, -0.1) is 11.8 Å². The fourth-order valence-electron chi connectivity index (χ4n) is 1.99. The van der Waals surface area contributed by atoms with Gasteiger partial charge in [0.05, 0.1) is 5.88 Å². The van der Waals surface area contributed by atoms with Crippen LogP contribution in [0.4, 0.5) is 4.79 Å². The van der Waals surface area contributed by atoms with E-state index in [0.717, 1.165) is 6.54 Å². The predicted octanol–water partition coefficient (Wildman–Crippen LogP) is 0.250. The highest BCUT2D eigenvalue weighted by Gasteiger charge is 2.34. The Balaban J connectivity index is 1.71. The first-order valence-corrected chi connectivity index (χ1v) is 7.30. The minimum absolute atomic E-state index is 0.267. The van der Waals surface area contributed by atoms with E-state index in [2.05, 4.69) is 17.3 Å². The zero-order chi connectivity index (χ0) is 13.1. The van der Waals surface area contributed by atoms with Crippen molar-refractivity contribution in [1.29, 1.82) is 0 Å². The third-order valence-electron chi connectivity index (χ3n) is 3.34. The van der Waals surface area contributed by atoms with Gasteiger partial charge in [-0.1, -0.05) is 0 Å². The fourth-order valence-corrected chi connectivity index (χ4v) is 3.13. The second kappa shape index (κ2) is 5.79. The number of carbonyl (C=O) groups excluding carboxylic acids is 1. The Bertz CT molecular complexity index is 335. The number of likely N-dealkylation sites (N-methyl/N-ethyl adjacent to an activating group) is 1. The molecule has 1 heterocycles. The standard InChI is InChI=1S/C11H19N3O3S/c1-13(8-2-3-8)5-4-12-11(17)14-7-18-6-9(14)10(15)16/h8-9H,2-7H2,1H3,(H,12,17)(H,15,16). The van der Waals surface area contributed by atoms with Crippen molar-refractivity contribution in [2.75, 3.05) is 31.8 Å². The number of hydrogen-bond donors (Lipinski definition) is 2. The largest absolute Gasteiger partial charge is 0.480 e. The molecule has 0 bridgehead atoms. The van der Waals surface area contributed by atoms with Crippen molar-refractivity contribution in [2.24, 2.45) is 0 Å². The van der Waals surface area contributed by atoms with Crippen LogP contribution < -0.4 is 5.32 Å². The van der Waals surface area contributed by atoms with Gasteiger partial charge in [0, 0.05) is 24.9 Å². The van der Waals surface area contributed by atoms with E-state index in [-0.39, 0.29) is 6.03 Å². The summed E-state index contributed by atoms with van der Waals surface area (Å²) in [5.41, 5.74) is 0. The SMILES string of the molecule is CN(CCNC(=O)N1CSCC1C(=O)O)C1CC1. The summed E-state index contributed by atoms with van der Waals surface area (Å²) in [6.45, 7) is 1.38. The van der Waals surface area contributed by atoms with Gasteiger partial charge in [0.25, 0.3) is 0 Å². The molecule has 102 valence electrons. The highest BCUT2D eigenvalue weighted by molar-refractivity contribution is 7.99. The lowest BCUT2D eigenvalue weighted by Gasteiger charge is -2.22. The van der Waals surface area contributed by atoms with Gasteiger partial charge in [-0.3, -0.25) is 0 Å². The number of hydrogen-bond acceptors (Lipinski definition) is 4. The third-order valence-corrected chi connectivity index (χ3v) is 4.35. The molecule has 0 radical (unpaired) electrons. The third kappa shape index (κ3) is 3.29. The normalized spacial score (nSPS) is 23.4. The number of thioether (sulfide) groups is 1. The van der Waals surface area contributed by atoms with E-state index in [0.29, 0.717) is 24.2 Å². The molecule has 0 spiro atoms. The van der Waals surface area contributed by atoms with Crippen molar-refractivity contribution in [2.45, 2.75) is 24.9 Å². The lowest BCUT2D eigenvalue weighted by Crippen LogP contribution is -2.48. The first-order valence-electron chi connectivity index (χ1n) is 6.15. The van der Waals surface area contributed by atoms with Gasteiger partial charge in [-0.25, -0.2) is 9.59 Å². The monoisotopic (exact) mass is 273 g/mol. The summed E-state index contributed by atoms with van der Waals surface area (Å²) in [5, 5.41) is 11.8. The molecule has 7 heteroatoms. The number of carbonyl (C=O) groups is 2. The summed E-state index contributed by atoms with van der Waals surface area (Å²) in [6, 6.07) is -0.274. The van der Waals surface area contributed by atoms with Crippen molar-refractivity contribution in [3.8, 4) is 0 Å². The number of urea groups is 1. The van der Waals surface area contributed by atoms with Crippen molar-refractivity contribution in [3.63, 3.8) is 0 Å². The average Bonchev–Trinajstić information content (AvgIpc) is 3.05. The molecular formula is C11H19N3O3S. The highest BCUT2D eigenvalue weighted by Crippen LogP contribution is 2.24. The summed E-state index contributed by atoms with van der Waals surface area (Å²) in [6.07, 6.45) is 2.49. The van der Waals surface area contributed by atoms with E-state index in [1.54, 1.807) is 0 Å². The average molecular weight is 273 g/mol. The van der Waals surface area contributed by atoms with E-state index in [1.807, 2.05) is 0 Å². The first-order chi connectivity index (χ1) is 8.59. The second-order valence-electron chi connectivity index (χ2n) is 4.77. The number of nitrogens with one attached hydrogen (secondary N) is 1. The molecular weight excluding hydrogens is 254 g/mol. The van der Waals surface area contributed by atoms with Crippen LogP contribution in [0.3, 0.4) is 0 Å². The molecule has 6 nitrogen and oxygen atoms in total. The number of carboxylic acid groups (broad SMARTS) is 1. The molecule has 2 N–H and O–H groups in total. The molecule has 0 aromatic rings. The number of amides is 2. The maximum atomic E-state index is 11.8. The number of nitrogens with zero attached hydrogens (tertiary/aromatic N) is 2. The van der Waals surface area contributed by atoms with E-state index >= 15 is 0 Å². The van der Waals surface area contributed by atoms with E-state index in [9.17, 15) is 9.59 Å². The quantitative estimate of drug-likeness (QED) is 0.751. The second-order valence-corrected chi connectivity index (χ2v) is 5.77. The van der Waals surface area contributed by atoms with Gasteiger partial charge in [-0.05, 0) is 19.9 Å². The van der Waals surface area contributed by atoms with Gasteiger partial charge < -0.3 is 20.2 Å². The van der Waals surface area contributed by atoms with E-state index < -0.39 is 12.0 Å². The minimum Gasteiger partial charge on any atom is -0.480 e. The molecule has 0 aromatic heterocycles. The molecule has 1 saturated heterocycles. The van der Waals surface area contributed by atoms with Gasteiger partial charge >= 0.3 is 12.0 Å². The van der Waals surface area contributed by atoms with Crippen LogP contribution in [-0.4, -0.2) is 70.8 Å². The molecule has 18 heavy (non-hydrogen) atoms. The molecule has 2 amide bonds. The van der Waals surface area contributed by atoms with Crippen LogP contribution in [-0.2, 0) is 4.79 Å². The molecule has 0 aromatic carbocycles. The molecule has 1 unspecified atom stereocenters. The molecule has 2 fully saturated rings. The lowest BCUT2D eigenvalue weighted by atomic mass is 10.3. The molecule has 1 atom stereocenters. The molecule has 1 aliphatic heterocycles. The van der Waals surface area contributed by atoms with Crippen LogP contribution >= 0.6 is 11.8 Å². The highest BCUT2D eigenvalue weighted by atomic mass is 32.2. The Labute approximate surface area is 111 Å². The van der Waals surface area contributed by atoms with Crippen LogP contribution in [0.1, 0.15) is 12.8 Å². The van der Waals surface area contributed by atoms with Gasteiger partial charge in [-0.2, -0.15) is 0 Å². The minimum atomic E-state index is -0.926. The zero-order valence-electron chi connectivity index (χ0n) is 10.5. The Hall–Kier alpha value is -0.950. The van der Waals surface area contributed by atoms with Crippen LogP contribution in [0.15, 0.2) is 0 Å². The maximum absolute atomic E-state index is 11.8. The fraction of sp³-hybridized carbons (Fsp3) is 0.818. The maximum Gasteiger partial charge on any atom is 0.327 e. The van der Waals surface area contributed by atoms with Crippen LogP contribution in [0.5, 0.6) is 0 Å². The number of rotatable bonds is 5. The summed E-state index contributed by atoms with van der Waals surface area (Å²) < 4.78 is 0. The van der Waals surface area contributed by atoms with Crippen molar-refractivity contribution < 1.29 is 14.7 Å². The number of aliphatic carboxylic acids is 1. The smallest absolute Gasteiger partial charge is 0.327 e. The predicted molar refractivity (Wildman–Crippen MR) is 69.6 cm³/mol. The van der Waals surface area contributed by atoms with Crippen LogP contribution in [0, 0.1) is 0 Å². The van der Waals surface area contributed by atoms with E-state index in [4.69, 9.17) is 5.11 Å². The van der Waals surface area contributed by atoms with Gasteiger partial charge in [0.2, 0.25) is 0 Å². The lowest BCUT2D eigenvalue weighted by molar-refractivity contribution is -0.140. The van der Waals surface area contributed by atoms with Gasteiger partial charge in [0.1, 0.15) is 6.04 Å². The van der Waals surface area contributed by atoms with E-state index in [1.165, 1.54) is 29.5 Å². The molecule has 1 aliphatic carbocycles. The zero-order valence-corrected chi connectivity index (χ0v) is 11.3. The Kier molecular flexibility index (Phi) is 4.34. The topological polar surface area (TPSA) is 72.9 Å². The Morgan fingerprint density at radius 1 is 1.50 bits per heavy atom. The summed E-state index contributed by atoms with van der Waals surface area (Å²) >= 11 is 1.48. The first kappa shape index (κ1) is 13.5. The molecule has 1 saturated carbocycles. The Morgan fingerprint density at radius 3 is 2.83 bits per heavy atom. The molecule has 2 aliphatic rings. The summed E-state index contributed by atoms with van der Waals surface area (Å²) in [4.78, 5) is 26.4.